The number of hydrogen-bond donors (Lipinski definition) is 3. The van der Waals surface area contributed by atoms with Gasteiger partial charge in [-0.1, -0.05) is 56.0 Å². The number of carbonyl (C=O) groups excluding carboxylic acids is 1. The fourth-order valence-electron chi connectivity index (χ4n) is 3.54. The van der Waals surface area contributed by atoms with Gasteiger partial charge in [0.25, 0.3) is 5.91 Å². The van der Waals surface area contributed by atoms with E-state index in [-0.39, 0.29) is 24.2 Å². The number of amides is 1. The van der Waals surface area contributed by atoms with E-state index in [9.17, 15) is 4.79 Å². The Balaban J connectivity index is 1.83. The minimum Gasteiger partial charge on any atom is -0.352 e. The fraction of sp³-hybridized carbons (Fsp3) is 0.619. The van der Waals surface area contributed by atoms with Gasteiger partial charge >= 0.3 is 0 Å². The van der Waals surface area contributed by atoms with Crippen LogP contribution >= 0.6 is 11.6 Å². The molecule has 3 N–H and O–H groups in total. The van der Waals surface area contributed by atoms with Crippen molar-refractivity contribution in [3.63, 3.8) is 0 Å². The first-order chi connectivity index (χ1) is 12.9. The molecule has 0 aromatic rings. The number of aliphatic imine (C=N–C) groups is 1. The van der Waals surface area contributed by atoms with Crippen LogP contribution in [0.5, 0.6) is 0 Å². The number of rotatable bonds is 8. The molecule has 0 aromatic heterocycles. The lowest BCUT2D eigenvalue weighted by molar-refractivity contribution is -0.117. The summed E-state index contributed by atoms with van der Waals surface area (Å²) in [6.45, 7) is 8.69. The summed E-state index contributed by atoms with van der Waals surface area (Å²) < 4.78 is 0. The topological polar surface area (TPSA) is 65.5 Å². The highest BCUT2D eigenvalue weighted by Crippen LogP contribution is 2.27. The predicted octanol–water partition coefficient (Wildman–Crippen LogP) is 3.49. The number of halogens is 1. The second kappa shape index (κ2) is 10.8. The molecule has 2 aliphatic rings. The van der Waals surface area contributed by atoms with Gasteiger partial charge in [0.1, 0.15) is 0 Å². The molecule has 0 saturated heterocycles. The molecule has 0 heterocycles. The Labute approximate surface area is 168 Å². The van der Waals surface area contributed by atoms with Crippen molar-refractivity contribution in [3.8, 4) is 0 Å². The Bertz CT molecular complexity index is 620. The molecule has 27 heavy (non-hydrogen) atoms. The molecule has 0 radical (unpaired) electrons. The highest BCUT2D eigenvalue weighted by Gasteiger charge is 2.23. The molecule has 150 valence electrons. The van der Waals surface area contributed by atoms with E-state index in [4.69, 9.17) is 11.6 Å². The van der Waals surface area contributed by atoms with E-state index in [1.54, 1.807) is 0 Å². The summed E-state index contributed by atoms with van der Waals surface area (Å²) >= 11 is 6.31. The molecular formula is C21H33ClN4O. The van der Waals surface area contributed by atoms with Gasteiger partial charge in [-0.25, -0.2) is 0 Å². The summed E-state index contributed by atoms with van der Waals surface area (Å²) in [6.07, 6.45) is 11.6. The van der Waals surface area contributed by atoms with E-state index in [2.05, 4.69) is 40.5 Å². The lowest BCUT2D eigenvalue weighted by atomic mass is 9.89. The van der Waals surface area contributed by atoms with E-state index in [1.807, 2.05) is 20.0 Å². The zero-order valence-corrected chi connectivity index (χ0v) is 17.5. The summed E-state index contributed by atoms with van der Waals surface area (Å²) in [7, 11) is 1.82. The minimum absolute atomic E-state index is 0.0745. The lowest BCUT2D eigenvalue weighted by Gasteiger charge is -2.28. The first-order valence-electron chi connectivity index (χ1n) is 9.89. The summed E-state index contributed by atoms with van der Waals surface area (Å²) in [4.78, 5) is 16.7. The van der Waals surface area contributed by atoms with Gasteiger partial charge in [0, 0.05) is 29.8 Å². The van der Waals surface area contributed by atoms with Crippen LogP contribution in [-0.2, 0) is 4.79 Å². The fourth-order valence-corrected chi connectivity index (χ4v) is 3.84. The van der Waals surface area contributed by atoms with E-state index in [1.165, 1.54) is 38.3 Å². The molecule has 1 fully saturated rings. The van der Waals surface area contributed by atoms with Gasteiger partial charge in [-0.3, -0.25) is 20.4 Å². The predicted molar refractivity (Wildman–Crippen MR) is 114 cm³/mol. The van der Waals surface area contributed by atoms with Crippen molar-refractivity contribution in [3.05, 3.63) is 34.9 Å². The first kappa shape index (κ1) is 21.9. The van der Waals surface area contributed by atoms with Crippen LogP contribution in [0.25, 0.3) is 0 Å². The van der Waals surface area contributed by atoms with Crippen molar-refractivity contribution < 1.29 is 4.79 Å². The summed E-state index contributed by atoms with van der Waals surface area (Å²) in [5, 5.41) is 10.3. The van der Waals surface area contributed by atoms with Crippen molar-refractivity contribution in [2.75, 3.05) is 13.6 Å². The molecule has 6 heteroatoms. The Morgan fingerprint density at radius 2 is 2.11 bits per heavy atom. The molecule has 5 nitrogen and oxygen atoms in total. The van der Waals surface area contributed by atoms with Crippen LogP contribution in [0.1, 0.15) is 46.0 Å². The van der Waals surface area contributed by atoms with Crippen molar-refractivity contribution in [2.45, 2.75) is 58.3 Å². The molecule has 3 atom stereocenters. The number of carbonyl (C=O) groups is 1. The third kappa shape index (κ3) is 6.91. The highest BCUT2D eigenvalue weighted by atomic mass is 35.5. The van der Waals surface area contributed by atoms with Crippen LogP contribution in [-0.4, -0.2) is 38.0 Å². The van der Waals surface area contributed by atoms with E-state index >= 15 is 0 Å². The highest BCUT2D eigenvalue weighted by molar-refractivity contribution is 6.30. The van der Waals surface area contributed by atoms with Crippen molar-refractivity contribution in [1.29, 1.82) is 0 Å². The maximum Gasteiger partial charge on any atom is 0.252 e. The Morgan fingerprint density at radius 1 is 1.41 bits per heavy atom. The second-order valence-electron chi connectivity index (χ2n) is 7.63. The summed E-state index contributed by atoms with van der Waals surface area (Å²) in [6, 6.07) is 0.0745. The largest absolute Gasteiger partial charge is 0.352 e. The first-order valence-corrected chi connectivity index (χ1v) is 10.3. The SMILES string of the molecule is C=C(C=NC(NC)NC1C=C(C)C=C(Cl)C1C)C(=O)NCC1CCCCC1. The molecule has 0 aromatic carbocycles. The molecule has 0 bridgehead atoms. The maximum atomic E-state index is 12.2. The number of allylic oxidation sites excluding steroid dienone is 2. The van der Waals surface area contributed by atoms with Gasteiger partial charge in [-0.05, 0) is 38.8 Å². The number of nitrogens with one attached hydrogen (secondary N) is 3. The monoisotopic (exact) mass is 392 g/mol. The lowest BCUT2D eigenvalue weighted by Crippen LogP contribution is -2.47. The van der Waals surface area contributed by atoms with Crippen LogP contribution in [0.4, 0.5) is 0 Å². The zero-order chi connectivity index (χ0) is 19.8. The normalized spacial score (nSPS) is 25.0. The molecule has 2 aliphatic carbocycles. The van der Waals surface area contributed by atoms with E-state index in [0.717, 1.165) is 17.2 Å². The van der Waals surface area contributed by atoms with Gasteiger partial charge in [0.05, 0.1) is 5.57 Å². The van der Waals surface area contributed by atoms with E-state index < -0.39 is 0 Å². The second-order valence-corrected chi connectivity index (χ2v) is 8.07. The van der Waals surface area contributed by atoms with Crippen molar-refractivity contribution in [1.82, 2.24) is 16.0 Å². The maximum absolute atomic E-state index is 12.2. The quantitative estimate of drug-likeness (QED) is 0.336. The molecular weight excluding hydrogens is 360 g/mol. The van der Waals surface area contributed by atoms with E-state index in [0.29, 0.717) is 11.5 Å². The molecule has 0 aliphatic heterocycles. The average Bonchev–Trinajstić information content (AvgIpc) is 2.67. The Morgan fingerprint density at radius 3 is 2.78 bits per heavy atom. The molecule has 0 spiro atoms. The minimum atomic E-state index is -0.327. The van der Waals surface area contributed by atoms with Gasteiger partial charge in [0.15, 0.2) is 6.29 Å². The third-order valence-corrected chi connectivity index (χ3v) is 5.81. The number of nitrogens with zero attached hydrogens (tertiary/aromatic N) is 1. The van der Waals surface area contributed by atoms with Gasteiger partial charge < -0.3 is 5.32 Å². The van der Waals surface area contributed by atoms with Gasteiger partial charge in [-0.15, -0.1) is 0 Å². The third-order valence-electron chi connectivity index (χ3n) is 5.35. The molecule has 1 saturated carbocycles. The van der Waals surface area contributed by atoms with Crippen LogP contribution < -0.4 is 16.0 Å². The summed E-state index contributed by atoms with van der Waals surface area (Å²) in [5.41, 5.74) is 1.50. The van der Waals surface area contributed by atoms with Crippen LogP contribution in [0, 0.1) is 11.8 Å². The molecule has 3 unspecified atom stereocenters. The summed E-state index contributed by atoms with van der Waals surface area (Å²) in [5.74, 6) is 0.620. The zero-order valence-electron chi connectivity index (χ0n) is 16.7. The van der Waals surface area contributed by atoms with Crippen LogP contribution in [0.15, 0.2) is 39.9 Å². The molecule has 1 amide bonds. The van der Waals surface area contributed by atoms with Gasteiger partial charge in [0.2, 0.25) is 0 Å². The standard InChI is InChI=1S/C21H33ClN4O/c1-14-10-18(22)16(3)19(11-14)26-21(23-4)25-12-15(2)20(27)24-13-17-8-6-5-7-9-17/h10-12,16-17,19,21,23,26H,2,5-9,13H2,1,3-4H3,(H,24,27). The Kier molecular flexibility index (Phi) is 8.74. The van der Waals surface area contributed by atoms with Gasteiger partial charge in [-0.2, -0.15) is 0 Å². The molecule has 2 rings (SSSR count). The number of hydrogen-bond acceptors (Lipinski definition) is 4. The van der Waals surface area contributed by atoms with Crippen molar-refractivity contribution in [2.24, 2.45) is 16.8 Å². The van der Waals surface area contributed by atoms with Crippen LogP contribution in [0.2, 0.25) is 0 Å². The Hall–Kier alpha value is -1.43. The average molecular weight is 393 g/mol. The van der Waals surface area contributed by atoms with Crippen LogP contribution in [0.3, 0.4) is 0 Å². The smallest absolute Gasteiger partial charge is 0.252 e. The van der Waals surface area contributed by atoms with Crippen molar-refractivity contribution >= 4 is 23.7 Å².